The Morgan fingerprint density at radius 1 is 1.23 bits per heavy atom. The maximum Gasteiger partial charge on any atom is 0.265 e. The van der Waals surface area contributed by atoms with E-state index in [0.717, 1.165) is 18.7 Å². The van der Waals surface area contributed by atoms with Crippen LogP contribution in [0.5, 0.6) is 0 Å². The van der Waals surface area contributed by atoms with Crippen LogP contribution in [0, 0.1) is 5.92 Å². The smallest absolute Gasteiger partial charge is 0.265 e. The molecule has 2 aliphatic heterocycles. The third-order valence-corrected chi connectivity index (χ3v) is 6.18. The van der Waals surface area contributed by atoms with Crippen LogP contribution in [-0.4, -0.2) is 65.3 Å². The van der Waals surface area contributed by atoms with E-state index in [9.17, 15) is 18.7 Å². The highest BCUT2D eigenvalue weighted by Crippen LogP contribution is 2.34. The van der Waals surface area contributed by atoms with Gasteiger partial charge in [-0.25, -0.2) is 8.78 Å². The van der Waals surface area contributed by atoms with Gasteiger partial charge in [0.15, 0.2) is 0 Å². The van der Waals surface area contributed by atoms with Crippen LogP contribution in [0.2, 0.25) is 0 Å². The van der Waals surface area contributed by atoms with Crippen molar-refractivity contribution in [3.05, 3.63) is 36.0 Å². The Bertz CT molecular complexity index is 919. The molecule has 0 bridgehead atoms. The third-order valence-electron chi connectivity index (χ3n) is 6.18. The first-order valence-corrected chi connectivity index (χ1v) is 10.5. The van der Waals surface area contributed by atoms with Gasteiger partial charge in [-0.15, -0.1) is 0 Å². The summed E-state index contributed by atoms with van der Waals surface area (Å²) < 4.78 is 26.8. The summed E-state index contributed by atoms with van der Waals surface area (Å²) in [5.41, 5.74) is 1.14. The number of hydrogen-bond acceptors (Lipinski definition) is 5. The first kappa shape index (κ1) is 20.9. The number of carbonyl (C=O) groups excluding carboxylic acids is 1. The SMILES string of the molecule is CC(C(=O)N[C@@H]1C[C@H](C)CN(c2ccc(C(F)F)c3ncccc23)C1)N1CC(O)C1. The van der Waals surface area contributed by atoms with Crippen LogP contribution in [0.25, 0.3) is 10.9 Å². The van der Waals surface area contributed by atoms with Crippen LogP contribution in [0.4, 0.5) is 14.5 Å². The lowest BCUT2D eigenvalue weighted by Crippen LogP contribution is -2.60. The topological polar surface area (TPSA) is 68.7 Å². The first-order chi connectivity index (χ1) is 14.3. The Kier molecular flexibility index (Phi) is 5.88. The van der Waals surface area contributed by atoms with Crippen LogP contribution in [0.1, 0.15) is 32.3 Å². The number of aromatic nitrogens is 1. The second-order valence-electron chi connectivity index (χ2n) is 8.61. The van der Waals surface area contributed by atoms with E-state index in [-0.39, 0.29) is 29.7 Å². The predicted molar refractivity (Wildman–Crippen MR) is 112 cm³/mol. The number of pyridine rings is 1. The van der Waals surface area contributed by atoms with Gasteiger partial charge in [-0.1, -0.05) is 6.92 Å². The monoisotopic (exact) mass is 418 g/mol. The average molecular weight is 418 g/mol. The summed E-state index contributed by atoms with van der Waals surface area (Å²) >= 11 is 0. The number of carbonyl (C=O) groups is 1. The maximum absolute atomic E-state index is 13.4. The van der Waals surface area contributed by atoms with E-state index in [1.165, 1.54) is 12.3 Å². The zero-order valence-electron chi connectivity index (χ0n) is 17.3. The Labute approximate surface area is 174 Å². The van der Waals surface area contributed by atoms with Crippen molar-refractivity contribution < 1.29 is 18.7 Å². The molecule has 0 radical (unpaired) electrons. The third kappa shape index (κ3) is 4.11. The normalized spacial score (nSPS) is 24.1. The van der Waals surface area contributed by atoms with Crippen molar-refractivity contribution >= 4 is 22.5 Å². The molecule has 3 atom stereocenters. The number of anilines is 1. The van der Waals surface area contributed by atoms with Crippen LogP contribution < -0.4 is 10.2 Å². The van der Waals surface area contributed by atoms with Crippen LogP contribution in [0.15, 0.2) is 30.5 Å². The predicted octanol–water partition coefficient (Wildman–Crippen LogP) is 2.57. The quantitative estimate of drug-likeness (QED) is 0.781. The molecule has 6 nitrogen and oxygen atoms in total. The fraction of sp³-hybridized carbons (Fsp3) is 0.545. The van der Waals surface area contributed by atoms with Gasteiger partial charge >= 0.3 is 0 Å². The lowest BCUT2D eigenvalue weighted by molar-refractivity contribution is -0.131. The molecule has 2 aliphatic rings. The van der Waals surface area contributed by atoms with Gasteiger partial charge in [0.1, 0.15) is 0 Å². The minimum absolute atomic E-state index is 0.0311. The molecule has 4 rings (SSSR count). The van der Waals surface area contributed by atoms with Crippen molar-refractivity contribution in [2.75, 3.05) is 31.1 Å². The molecule has 2 N–H and O–H groups in total. The second-order valence-corrected chi connectivity index (χ2v) is 8.61. The van der Waals surface area contributed by atoms with Crippen molar-refractivity contribution in [1.82, 2.24) is 15.2 Å². The second kappa shape index (κ2) is 8.43. The fourth-order valence-electron chi connectivity index (χ4n) is 4.58. The van der Waals surface area contributed by atoms with E-state index in [1.807, 2.05) is 17.9 Å². The molecule has 1 aromatic heterocycles. The van der Waals surface area contributed by atoms with E-state index >= 15 is 0 Å². The van der Waals surface area contributed by atoms with Crippen molar-refractivity contribution in [2.45, 2.75) is 44.9 Å². The van der Waals surface area contributed by atoms with Gasteiger partial charge in [-0.2, -0.15) is 0 Å². The van der Waals surface area contributed by atoms with Crippen molar-refractivity contribution in [2.24, 2.45) is 5.92 Å². The molecular formula is C22H28F2N4O2. The number of likely N-dealkylation sites (tertiary alicyclic amines) is 1. The zero-order chi connectivity index (χ0) is 21.4. The Morgan fingerprint density at radius 2 is 2.00 bits per heavy atom. The largest absolute Gasteiger partial charge is 0.390 e. The summed E-state index contributed by atoms with van der Waals surface area (Å²) in [7, 11) is 0. The highest BCUT2D eigenvalue weighted by Gasteiger charge is 2.34. The van der Waals surface area contributed by atoms with E-state index in [2.05, 4.69) is 22.1 Å². The van der Waals surface area contributed by atoms with Gasteiger partial charge in [0, 0.05) is 55.1 Å². The van der Waals surface area contributed by atoms with Crippen LogP contribution in [-0.2, 0) is 4.79 Å². The lowest BCUT2D eigenvalue weighted by atomic mass is 9.94. The molecule has 30 heavy (non-hydrogen) atoms. The lowest BCUT2D eigenvalue weighted by Gasteiger charge is -2.42. The van der Waals surface area contributed by atoms with Gasteiger partial charge in [0.25, 0.3) is 6.43 Å². The minimum Gasteiger partial charge on any atom is -0.390 e. The number of amides is 1. The summed E-state index contributed by atoms with van der Waals surface area (Å²) in [5.74, 6) is 0.298. The van der Waals surface area contributed by atoms with Gasteiger partial charge < -0.3 is 15.3 Å². The van der Waals surface area contributed by atoms with E-state index in [4.69, 9.17) is 0 Å². The summed E-state index contributed by atoms with van der Waals surface area (Å²) in [6.07, 6.45) is -0.523. The molecule has 0 aliphatic carbocycles. The number of benzene rings is 1. The van der Waals surface area contributed by atoms with E-state index in [1.54, 1.807) is 12.1 Å². The summed E-state index contributed by atoms with van der Waals surface area (Å²) in [5, 5.41) is 13.3. The molecule has 1 aromatic carbocycles. The molecule has 2 aromatic rings. The number of rotatable bonds is 5. The number of β-amino-alcohol motifs (C(OH)–C–C–N with tert-alkyl or cyclic N) is 1. The van der Waals surface area contributed by atoms with Crippen molar-refractivity contribution in [3.63, 3.8) is 0 Å². The number of piperidine rings is 1. The minimum atomic E-state index is -2.58. The number of halogens is 2. The Balaban J connectivity index is 1.53. The van der Waals surface area contributed by atoms with Gasteiger partial charge in [0.05, 0.1) is 17.7 Å². The van der Waals surface area contributed by atoms with E-state index < -0.39 is 6.43 Å². The molecular weight excluding hydrogens is 390 g/mol. The number of alkyl halides is 2. The van der Waals surface area contributed by atoms with Gasteiger partial charge in [0.2, 0.25) is 5.91 Å². The molecule has 3 heterocycles. The summed E-state index contributed by atoms with van der Waals surface area (Å²) in [4.78, 5) is 21.0. The highest BCUT2D eigenvalue weighted by atomic mass is 19.3. The molecule has 8 heteroatoms. The zero-order valence-corrected chi connectivity index (χ0v) is 17.3. The number of fused-ring (bicyclic) bond motifs is 1. The standard InChI is InChI=1S/C22H28F2N4O2/c1-13-8-15(26-22(30)14(2)27-11-16(29)12-27)10-28(9-13)19-6-5-18(21(23)24)20-17(19)4-3-7-25-20/h3-7,13-16,21,29H,8-12H2,1-2H3,(H,26,30)/t13-,14?,15+/m0/s1. The number of nitrogens with zero attached hydrogens (tertiary/aromatic N) is 3. The molecule has 1 unspecified atom stereocenters. The summed E-state index contributed by atoms with van der Waals surface area (Å²) in [6, 6.07) is 6.47. The number of aliphatic hydroxyl groups excluding tert-OH is 1. The molecule has 162 valence electrons. The maximum atomic E-state index is 13.4. The van der Waals surface area contributed by atoms with Gasteiger partial charge in [-0.05, 0) is 43.5 Å². The fourth-order valence-corrected chi connectivity index (χ4v) is 4.58. The number of hydrogen-bond donors (Lipinski definition) is 2. The molecule has 2 fully saturated rings. The van der Waals surface area contributed by atoms with Gasteiger partial charge in [-0.3, -0.25) is 14.7 Å². The Hall–Kier alpha value is -2.32. The highest BCUT2D eigenvalue weighted by molar-refractivity contribution is 5.94. The first-order valence-electron chi connectivity index (χ1n) is 10.5. The summed E-state index contributed by atoms with van der Waals surface area (Å²) in [6.45, 7) is 6.44. The molecule has 0 spiro atoms. The van der Waals surface area contributed by atoms with Crippen LogP contribution in [0.3, 0.4) is 0 Å². The van der Waals surface area contributed by atoms with E-state index in [0.29, 0.717) is 36.5 Å². The molecule has 2 saturated heterocycles. The van der Waals surface area contributed by atoms with Crippen LogP contribution >= 0.6 is 0 Å². The Morgan fingerprint density at radius 3 is 2.70 bits per heavy atom. The molecule has 0 saturated carbocycles. The van der Waals surface area contributed by atoms with Crippen molar-refractivity contribution in [1.29, 1.82) is 0 Å². The van der Waals surface area contributed by atoms with Crippen molar-refractivity contribution in [3.8, 4) is 0 Å². The molecule has 1 amide bonds. The average Bonchev–Trinajstić information content (AvgIpc) is 2.69. The number of aliphatic hydroxyl groups is 1. The number of nitrogens with one attached hydrogen (secondary N) is 1.